The molecule has 4 rings (SSSR count). The molecule has 0 radical (unpaired) electrons. The smallest absolute Gasteiger partial charge is 0.355 e. The molecule has 0 bridgehead atoms. The number of carbonyl (C=O) groups excluding carboxylic acids is 1. The van der Waals surface area contributed by atoms with Gasteiger partial charge in [0.25, 0.3) is 0 Å². The van der Waals surface area contributed by atoms with E-state index in [1.807, 2.05) is 24.3 Å². The van der Waals surface area contributed by atoms with Crippen LogP contribution in [0.4, 0.5) is 0 Å². The van der Waals surface area contributed by atoms with E-state index in [4.69, 9.17) is 23.7 Å². The van der Waals surface area contributed by atoms with E-state index in [9.17, 15) is 4.79 Å². The van der Waals surface area contributed by atoms with Crippen molar-refractivity contribution in [3.63, 3.8) is 0 Å². The van der Waals surface area contributed by atoms with Gasteiger partial charge < -0.3 is 33.7 Å². The summed E-state index contributed by atoms with van der Waals surface area (Å²) >= 11 is 0. The summed E-state index contributed by atoms with van der Waals surface area (Å²) in [5, 5.41) is 1.70. The molecule has 0 aliphatic heterocycles. The van der Waals surface area contributed by atoms with Crippen molar-refractivity contribution in [3.05, 3.63) is 36.0 Å². The van der Waals surface area contributed by atoms with Crippen molar-refractivity contribution in [1.82, 2.24) is 9.97 Å². The van der Waals surface area contributed by atoms with Gasteiger partial charge in [-0.15, -0.1) is 0 Å². The molecule has 0 aliphatic carbocycles. The van der Waals surface area contributed by atoms with Gasteiger partial charge in [-0.3, -0.25) is 0 Å². The lowest BCUT2D eigenvalue weighted by Gasteiger charge is -2.08. The molecule has 30 heavy (non-hydrogen) atoms. The lowest BCUT2D eigenvalue weighted by Crippen LogP contribution is -2.03. The Balaban J connectivity index is 2.01. The minimum atomic E-state index is -0.479. The Hall–Kier alpha value is -3.81. The van der Waals surface area contributed by atoms with E-state index in [1.54, 1.807) is 34.5 Å². The highest BCUT2D eigenvalue weighted by atomic mass is 16.5. The molecule has 0 saturated heterocycles. The predicted molar refractivity (Wildman–Crippen MR) is 113 cm³/mol. The first kappa shape index (κ1) is 19.5. The van der Waals surface area contributed by atoms with Crippen molar-refractivity contribution in [2.24, 2.45) is 0 Å². The van der Waals surface area contributed by atoms with Gasteiger partial charge in [0.2, 0.25) is 0 Å². The normalized spacial score (nSPS) is 11.0. The zero-order valence-corrected chi connectivity index (χ0v) is 17.3. The van der Waals surface area contributed by atoms with E-state index < -0.39 is 5.97 Å². The Kier molecular flexibility index (Phi) is 4.91. The van der Waals surface area contributed by atoms with E-state index in [0.717, 1.165) is 27.5 Å². The fourth-order valence-electron chi connectivity index (χ4n) is 3.65. The Bertz CT molecular complexity index is 1210. The summed E-state index contributed by atoms with van der Waals surface area (Å²) in [5.74, 6) is 1.86. The molecule has 4 aromatic rings. The van der Waals surface area contributed by atoms with Crippen LogP contribution in [0.5, 0.6) is 23.0 Å². The first-order chi connectivity index (χ1) is 14.5. The molecule has 0 fully saturated rings. The molecule has 2 aromatic heterocycles. The molecule has 0 amide bonds. The third kappa shape index (κ3) is 2.97. The molecule has 0 atom stereocenters. The van der Waals surface area contributed by atoms with Gasteiger partial charge in [0, 0.05) is 39.7 Å². The van der Waals surface area contributed by atoms with Crippen LogP contribution in [0, 0.1) is 0 Å². The largest absolute Gasteiger partial charge is 0.493 e. The van der Waals surface area contributed by atoms with Crippen molar-refractivity contribution in [2.75, 3.05) is 35.5 Å². The zero-order valence-electron chi connectivity index (χ0n) is 17.3. The SMILES string of the molecule is COC(=O)c1[nH]c2cc(OC)c(OC)cc2c1-c1cc2cc(OC)c(OC)cc2[nH]1. The number of H-pyrrole nitrogens is 2. The third-order valence-corrected chi connectivity index (χ3v) is 5.09. The maximum Gasteiger partial charge on any atom is 0.355 e. The van der Waals surface area contributed by atoms with Crippen molar-refractivity contribution in [2.45, 2.75) is 0 Å². The minimum Gasteiger partial charge on any atom is -0.493 e. The Morgan fingerprint density at radius 2 is 1.27 bits per heavy atom. The molecule has 0 saturated carbocycles. The molecular formula is C22H22N2O6. The minimum absolute atomic E-state index is 0.327. The lowest BCUT2D eigenvalue weighted by molar-refractivity contribution is 0.0596. The topological polar surface area (TPSA) is 94.8 Å². The number of hydrogen-bond acceptors (Lipinski definition) is 6. The molecule has 0 spiro atoms. The highest BCUT2D eigenvalue weighted by molar-refractivity contribution is 6.09. The van der Waals surface area contributed by atoms with Crippen LogP contribution in [-0.4, -0.2) is 51.5 Å². The van der Waals surface area contributed by atoms with Crippen LogP contribution in [0.2, 0.25) is 0 Å². The number of rotatable bonds is 6. The number of carbonyl (C=O) groups is 1. The van der Waals surface area contributed by atoms with Gasteiger partial charge in [-0.2, -0.15) is 0 Å². The predicted octanol–water partition coefficient (Wildman–Crippen LogP) is 4.14. The second kappa shape index (κ2) is 7.55. The second-order valence-electron chi connectivity index (χ2n) is 6.60. The summed E-state index contributed by atoms with van der Waals surface area (Å²) in [7, 11) is 7.65. The fourth-order valence-corrected chi connectivity index (χ4v) is 3.65. The third-order valence-electron chi connectivity index (χ3n) is 5.09. The van der Waals surface area contributed by atoms with Crippen molar-refractivity contribution in [3.8, 4) is 34.3 Å². The molecule has 0 aliphatic rings. The molecule has 2 aromatic carbocycles. The van der Waals surface area contributed by atoms with Gasteiger partial charge in [-0.05, 0) is 18.2 Å². The first-order valence-electron chi connectivity index (χ1n) is 9.15. The molecule has 156 valence electrons. The molecular weight excluding hydrogens is 388 g/mol. The Morgan fingerprint density at radius 1 is 0.700 bits per heavy atom. The van der Waals surface area contributed by atoms with Gasteiger partial charge in [0.1, 0.15) is 5.69 Å². The van der Waals surface area contributed by atoms with Crippen LogP contribution in [-0.2, 0) is 4.74 Å². The van der Waals surface area contributed by atoms with Gasteiger partial charge in [-0.25, -0.2) is 4.79 Å². The maximum atomic E-state index is 12.5. The molecule has 2 heterocycles. The van der Waals surface area contributed by atoms with Crippen LogP contribution in [0.3, 0.4) is 0 Å². The van der Waals surface area contributed by atoms with Crippen LogP contribution in [0.1, 0.15) is 10.5 Å². The average Bonchev–Trinajstić information content (AvgIpc) is 3.36. The number of fused-ring (bicyclic) bond motifs is 2. The van der Waals surface area contributed by atoms with E-state index in [-0.39, 0.29) is 0 Å². The first-order valence-corrected chi connectivity index (χ1v) is 9.15. The van der Waals surface area contributed by atoms with Gasteiger partial charge in [0.15, 0.2) is 23.0 Å². The summed E-state index contributed by atoms with van der Waals surface area (Å²) in [6.45, 7) is 0. The summed E-state index contributed by atoms with van der Waals surface area (Å²) in [5.41, 5.74) is 3.30. The average molecular weight is 410 g/mol. The molecule has 2 N–H and O–H groups in total. The van der Waals surface area contributed by atoms with Gasteiger partial charge in [-0.1, -0.05) is 0 Å². The van der Waals surface area contributed by atoms with Crippen molar-refractivity contribution < 1.29 is 28.5 Å². The fraction of sp³-hybridized carbons (Fsp3) is 0.227. The van der Waals surface area contributed by atoms with Gasteiger partial charge in [0.05, 0.1) is 41.1 Å². The second-order valence-corrected chi connectivity index (χ2v) is 6.60. The number of benzene rings is 2. The van der Waals surface area contributed by atoms with E-state index in [2.05, 4.69) is 9.97 Å². The van der Waals surface area contributed by atoms with Crippen LogP contribution < -0.4 is 18.9 Å². The lowest BCUT2D eigenvalue weighted by atomic mass is 10.1. The summed E-state index contributed by atoms with van der Waals surface area (Å²) < 4.78 is 26.6. The number of nitrogens with one attached hydrogen (secondary N) is 2. The number of ether oxygens (including phenoxy) is 5. The summed E-state index contributed by atoms with van der Waals surface area (Å²) in [6.07, 6.45) is 0. The molecule has 8 heteroatoms. The Labute approximate surface area is 172 Å². The van der Waals surface area contributed by atoms with Crippen LogP contribution in [0.15, 0.2) is 30.3 Å². The zero-order chi connectivity index (χ0) is 21.4. The number of esters is 1. The van der Waals surface area contributed by atoms with E-state index in [0.29, 0.717) is 34.3 Å². The number of hydrogen-bond donors (Lipinski definition) is 2. The maximum absolute atomic E-state index is 12.5. The highest BCUT2D eigenvalue weighted by Gasteiger charge is 2.23. The summed E-state index contributed by atoms with van der Waals surface area (Å²) in [6, 6.07) is 9.30. The number of aromatic amines is 2. The van der Waals surface area contributed by atoms with E-state index in [1.165, 1.54) is 7.11 Å². The standard InChI is InChI=1S/C22H22N2O6/c1-26-16-7-11-6-15(23-13(11)9-18(16)28-3)20-12-8-17(27-2)19(29-4)10-14(12)24-21(20)22(25)30-5/h6-10,23-24H,1-5H3. The summed E-state index contributed by atoms with van der Waals surface area (Å²) in [4.78, 5) is 19.0. The van der Waals surface area contributed by atoms with Crippen molar-refractivity contribution in [1.29, 1.82) is 0 Å². The molecule has 0 unspecified atom stereocenters. The monoisotopic (exact) mass is 410 g/mol. The van der Waals surface area contributed by atoms with Crippen LogP contribution >= 0.6 is 0 Å². The Morgan fingerprint density at radius 3 is 1.87 bits per heavy atom. The quantitative estimate of drug-likeness (QED) is 0.464. The van der Waals surface area contributed by atoms with Crippen molar-refractivity contribution >= 4 is 27.8 Å². The van der Waals surface area contributed by atoms with Crippen LogP contribution in [0.25, 0.3) is 33.1 Å². The van der Waals surface area contributed by atoms with E-state index >= 15 is 0 Å². The molecule has 8 nitrogen and oxygen atoms in total. The van der Waals surface area contributed by atoms with Gasteiger partial charge >= 0.3 is 5.97 Å². The number of aromatic nitrogens is 2. The number of methoxy groups -OCH3 is 5. The highest BCUT2D eigenvalue weighted by Crippen LogP contribution is 2.41.